The van der Waals surface area contributed by atoms with E-state index in [9.17, 15) is 9.18 Å². The molecule has 1 aromatic carbocycles. The first kappa shape index (κ1) is 15.3. The number of halogens is 2. The summed E-state index contributed by atoms with van der Waals surface area (Å²) in [4.78, 5) is 12.0. The lowest BCUT2D eigenvalue weighted by Gasteiger charge is -2.24. The van der Waals surface area contributed by atoms with Crippen LogP contribution < -0.4 is 10.1 Å². The van der Waals surface area contributed by atoms with Gasteiger partial charge in [0.2, 0.25) is 0 Å². The van der Waals surface area contributed by atoms with Crippen LogP contribution in [0.3, 0.4) is 0 Å². The highest BCUT2D eigenvalue weighted by Crippen LogP contribution is 2.23. The number of ether oxygens (including phenoxy) is 1. The lowest BCUT2D eigenvalue weighted by atomic mass is 9.95. The Labute approximate surface area is 127 Å². The largest absolute Gasteiger partial charge is 0.481 e. The van der Waals surface area contributed by atoms with Gasteiger partial charge in [-0.15, -0.1) is 0 Å². The zero-order valence-corrected chi connectivity index (χ0v) is 13.1. The van der Waals surface area contributed by atoms with Crippen molar-refractivity contribution in [3.63, 3.8) is 0 Å². The molecule has 1 aliphatic rings. The van der Waals surface area contributed by atoms with Gasteiger partial charge in [-0.25, -0.2) is 4.39 Å². The molecule has 1 N–H and O–H groups in total. The maximum atomic E-state index is 13.1. The zero-order valence-electron chi connectivity index (χ0n) is 11.5. The third kappa shape index (κ3) is 4.20. The molecule has 0 aromatic heterocycles. The molecule has 1 aliphatic carbocycles. The molecule has 0 saturated heterocycles. The van der Waals surface area contributed by atoms with Crippen LogP contribution in [0.2, 0.25) is 0 Å². The molecule has 2 rings (SSSR count). The third-order valence-corrected chi connectivity index (χ3v) is 4.13. The van der Waals surface area contributed by atoms with Crippen molar-refractivity contribution in [1.29, 1.82) is 0 Å². The van der Waals surface area contributed by atoms with Crippen molar-refractivity contribution in [3.05, 3.63) is 28.5 Å². The van der Waals surface area contributed by atoms with Crippen LogP contribution in [0.4, 0.5) is 4.39 Å². The van der Waals surface area contributed by atoms with Crippen molar-refractivity contribution in [2.24, 2.45) is 0 Å². The van der Waals surface area contributed by atoms with Gasteiger partial charge >= 0.3 is 0 Å². The summed E-state index contributed by atoms with van der Waals surface area (Å²) in [5, 5.41) is 3.02. The van der Waals surface area contributed by atoms with E-state index in [-0.39, 0.29) is 17.8 Å². The smallest absolute Gasteiger partial charge is 0.260 e. The molecule has 1 fully saturated rings. The first-order chi connectivity index (χ1) is 9.56. The van der Waals surface area contributed by atoms with Gasteiger partial charge in [0, 0.05) is 6.04 Å². The van der Waals surface area contributed by atoms with Crippen LogP contribution >= 0.6 is 15.9 Å². The van der Waals surface area contributed by atoms with E-state index in [1.807, 2.05) is 0 Å². The summed E-state index contributed by atoms with van der Waals surface area (Å²) >= 11 is 3.10. The molecule has 1 aromatic rings. The molecule has 0 heterocycles. The van der Waals surface area contributed by atoms with Gasteiger partial charge in [0.15, 0.2) is 6.10 Å². The summed E-state index contributed by atoms with van der Waals surface area (Å²) < 4.78 is 19.0. The number of rotatable bonds is 4. The first-order valence-corrected chi connectivity index (χ1v) is 7.77. The number of amides is 1. The molecule has 0 aliphatic heterocycles. The molecule has 110 valence electrons. The van der Waals surface area contributed by atoms with E-state index in [1.165, 1.54) is 37.5 Å². The lowest BCUT2D eigenvalue weighted by Crippen LogP contribution is -2.43. The minimum Gasteiger partial charge on any atom is -0.481 e. The van der Waals surface area contributed by atoms with Crippen LogP contribution in [-0.2, 0) is 4.79 Å². The Bertz CT molecular complexity index is 475. The molecule has 0 bridgehead atoms. The van der Waals surface area contributed by atoms with E-state index >= 15 is 0 Å². The molecule has 20 heavy (non-hydrogen) atoms. The van der Waals surface area contributed by atoms with Gasteiger partial charge in [0.1, 0.15) is 11.6 Å². The van der Waals surface area contributed by atoms with E-state index in [0.29, 0.717) is 10.2 Å². The third-order valence-electron chi connectivity index (χ3n) is 3.52. The Morgan fingerprint density at radius 1 is 1.40 bits per heavy atom. The second kappa shape index (κ2) is 7.07. The molecule has 1 atom stereocenters. The van der Waals surface area contributed by atoms with Gasteiger partial charge in [0.25, 0.3) is 5.91 Å². The van der Waals surface area contributed by atoms with E-state index in [2.05, 4.69) is 21.2 Å². The van der Waals surface area contributed by atoms with Crippen LogP contribution in [0, 0.1) is 5.82 Å². The summed E-state index contributed by atoms with van der Waals surface area (Å²) in [6.45, 7) is 1.70. The maximum absolute atomic E-state index is 13.1. The van der Waals surface area contributed by atoms with Crippen molar-refractivity contribution in [3.8, 4) is 5.75 Å². The second-order valence-corrected chi connectivity index (χ2v) is 6.03. The van der Waals surface area contributed by atoms with E-state index in [1.54, 1.807) is 6.92 Å². The molecular weight excluding hydrogens is 325 g/mol. The van der Waals surface area contributed by atoms with Crippen molar-refractivity contribution in [1.82, 2.24) is 5.32 Å². The summed E-state index contributed by atoms with van der Waals surface area (Å²) in [5.41, 5.74) is 0. The number of hydrogen-bond acceptors (Lipinski definition) is 2. The fraction of sp³-hybridized carbons (Fsp3) is 0.533. The number of nitrogens with one attached hydrogen (secondary N) is 1. The van der Waals surface area contributed by atoms with Crippen LogP contribution in [0.5, 0.6) is 5.75 Å². The van der Waals surface area contributed by atoms with Gasteiger partial charge in [-0.05, 0) is 53.9 Å². The Balaban J connectivity index is 1.88. The fourth-order valence-electron chi connectivity index (χ4n) is 2.37. The van der Waals surface area contributed by atoms with Gasteiger partial charge in [-0.1, -0.05) is 19.3 Å². The normalized spacial score (nSPS) is 17.6. The molecule has 5 heteroatoms. The maximum Gasteiger partial charge on any atom is 0.260 e. The van der Waals surface area contributed by atoms with Crippen LogP contribution in [0.15, 0.2) is 22.7 Å². The Kier molecular flexibility index (Phi) is 5.40. The van der Waals surface area contributed by atoms with Crippen molar-refractivity contribution in [2.45, 2.75) is 51.2 Å². The Hall–Kier alpha value is -1.10. The summed E-state index contributed by atoms with van der Waals surface area (Å²) in [5.74, 6) is 0.0126. The van der Waals surface area contributed by atoms with Gasteiger partial charge in [0.05, 0.1) is 4.47 Å². The monoisotopic (exact) mass is 343 g/mol. The number of carbonyl (C=O) groups is 1. The summed E-state index contributed by atoms with van der Waals surface area (Å²) in [7, 11) is 0. The molecule has 1 unspecified atom stereocenters. The molecule has 1 saturated carbocycles. The SMILES string of the molecule is CC(Oc1ccc(F)c(Br)c1)C(=O)NC1CCCCC1. The molecule has 0 spiro atoms. The second-order valence-electron chi connectivity index (χ2n) is 5.18. The van der Waals surface area contributed by atoms with Crippen LogP contribution in [0.1, 0.15) is 39.0 Å². The summed E-state index contributed by atoms with van der Waals surface area (Å²) in [6, 6.07) is 4.62. The highest BCUT2D eigenvalue weighted by atomic mass is 79.9. The van der Waals surface area contributed by atoms with Gasteiger partial charge < -0.3 is 10.1 Å². The van der Waals surface area contributed by atoms with Crippen LogP contribution in [0.25, 0.3) is 0 Å². The van der Waals surface area contributed by atoms with Crippen molar-refractivity contribution in [2.75, 3.05) is 0 Å². The quantitative estimate of drug-likeness (QED) is 0.902. The standard InChI is InChI=1S/C15H19BrFNO2/c1-10(15(19)18-11-5-3-2-4-6-11)20-12-7-8-14(17)13(16)9-12/h7-11H,2-6H2,1H3,(H,18,19). The van der Waals surface area contributed by atoms with E-state index < -0.39 is 6.10 Å². The van der Waals surface area contributed by atoms with E-state index in [0.717, 1.165) is 12.8 Å². The molecule has 3 nitrogen and oxygen atoms in total. The number of carbonyl (C=O) groups excluding carboxylic acids is 1. The first-order valence-electron chi connectivity index (χ1n) is 6.98. The average molecular weight is 344 g/mol. The summed E-state index contributed by atoms with van der Waals surface area (Å²) in [6.07, 6.45) is 5.09. The van der Waals surface area contributed by atoms with Crippen LogP contribution in [-0.4, -0.2) is 18.1 Å². The van der Waals surface area contributed by atoms with E-state index in [4.69, 9.17) is 4.74 Å². The average Bonchev–Trinajstić information content (AvgIpc) is 2.44. The van der Waals surface area contributed by atoms with Gasteiger partial charge in [-0.3, -0.25) is 4.79 Å². The van der Waals surface area contributed by atoms with Gasteiger partial charge in [-0.2, -0.15) is 0 Å². The molecular formula is C15H19BrFNO2. The Morgan fingerprint density at radius 3 is 2.75 bits per heavy atom. The fourth-order valence-corrected chi connectivity index (χ4v) is 2.73. The predicted molar refractivity (Wildman–Crippen MR) is 79.2 cm³/mol. The topological polar surface area (TPSA) is 38.3 Å². The number of benzene rings is 1. The highest BCUT2D eigenvalue weighted by molar-refractivity contribution is 9.10. The predicted octanol–water partition coefficient (Wildman–Crippen LogP) is 3.80. The molecule has 1 amide bonds. The zero-order chi connectivity index (χ0) is 14.5. The minimum absolute atomic E-state index is 0.114. The van der Waals surface area contributed by atoms with Crippen molar-refractivity contribution < 1.29 is 13.9 Å². The molecule has 0 radical (unpaired) electrons. The highest BCUT2D eigenvalue weighted by Gasteiger charge is 2.20. The Morgan fingerprint density at radius 2 is 2.10 bits per heavy atom. The lowest BCUT2D eigenvalue weighted by molar-refractivity contribution is -0.128. The van der Waals surface area contributed by atoms with Crippen molar-refractivity contribution >= 4 is 21.8 Å². The number of hydrogen-bond donors (Lipinski definition) is 1. The minimum atomic E-state index is -0.589.